The van der Waals surface area contributed by atoms with Gasteiger partial charge >= 0.3 is 0 Å². The minimum Gasteiger partial charge on any atom is -0.455 e. The van der Waals surface area contributed by atoms with Crippen molar-refractivity contribution < 1.29 is 11.3 Å². The minimum absolute atomic E-state index is 0.159. The molecule has 0 aliphatic carbocycles. The Kier molecular flexibility index (Phi) is 4.66. The number of rotatable bonds is 3. The van der Waals surface area contributed by atoms with Crippen LogP contribution in [0.15, 0.2) is 174 Å². The van der Waals surface area contributed by atoms with E-state index in [9.17, 15) is 1.37 Å². The van der Waals surface area contributed by atoms with E-state index in [1.807, 2.05) is 42.5 Å². The van der Waals surface area contributed by atoms with Crippen molar-refractivity contribution in [2.75, 3.05) is 0 Å². The van der Waals surface area contributed by atoms with Gasteiger partial charge in [-0.15, -0.1) is 0 Å². The highest BCUT2D eigenvalue weighted by molar-refractivity contribution is 6.28. The summed E-state index contributed by atoms with van der Waals surface area (Å²) >= 11 is 0. The van der Waals surface area contributed by atoms with Crippen molar-refractivity contribution in [3.63, 3.8) is 0 Å². The fourth-order valence-corrected chi connectivity index (χ4v) is 7.41. The molecule has 10 rings (SSSR count). The van der Waals surface area contributed by atoms with E-state index in [1.54, 1.807) is 0 Å². The van der Waals surface area contributed by atoms with Crippen LogP contribution in [0.25, 0.3) is 98.4 Å². The Labute approximate surface area is 279 Å². The van der Waals surface area contributed by atoms with E-state index < -0.39 is 0 Å². The molecule has 0 amide bonds. The molecule has 0 radical (unpaired) electrons. The van der Waals surface area contributed by atoms with Gasteiger partial charge in [0.25, 0.3) is 0 Å². The molecule has 10 aromatic rings. The Morgan fingerprint density at radius 2 is 1.06 bits per heavy atom. The number of furan rings is 1. The summed E-state index contributed by atoms with van der Waals surface area (Å²) in [7, 11) is 0. The molecule has 0 fully saturated rings. The second kappa shape index (κ2) is 10.2. The molecular weight excluding hydrogens is 569 g/mol. The summed E-state index contributed by atoms with van der Waals surface area (Å²) in [6.07, 6.45) is 0. The lowest BCUT2D eigenvalue weighted by Crippen LogP contribution is -1.91. The van der Waals surface area contributed by atoms with Crippen molar-refractivity contribution in [3.05, 3.63) is 170 Å². The molecule has 0 spiro atoms. The fraction of sp³-hybridized carbons (Fsp3) is 0. The predicted molar refractivity (Wildman–Crippen MR) is 200 cm³/mol. The summed E-state index contributed by atoms with van der Waals surface area (Å²) in [5.41, 5.74) is 6.18. The van der Waals surface area contributed by atoms with Gasteiger partial charge in [-0.25, -0.2) is 0 Å². The molecule has 0 saturated heterocycles. The molecule has 0 aliphatic rings. The summed E-state index contributed by atoms with van der Waals surface area (Å²) < 4.78 is 51.7. The van der Waals surface area contributed by atoms with Crippen molar-refractivity contribution in [2.45, 2.75) is 0 Å². The van der Waals surface area contributed by atoms with Crippen molar-refractivity contribution >= 4 is 65.0 Å². The molecule has 0 unspecified atom stereocenters. The fourth-order valence-electron chi connectivity index (χ4n) is 7.41. The van der Waals surface area contributed by atoms with Gasteiger partial charge in [0.2, 0.25) is 0 Å². The molecule has 0 aliphatic heterocycles. The molecule has 1 nitrogen and oxygen atoms in total. The second-order valence-corrected chi connectivity index (χ2v) is 12.0. The SMILES string of the molecule is [2H]c1c([2H])c([2H])c2c(c1[2H])c(-c1ccccc1)c([2H])c1c2oc2cccc(-c3c4ccccc4c(-c4ccc5ccccc5c4)c4ccccc34)c21. The van der Waals surface area contributed by atoms with Crippen LogP contribution >= 0.6 is 0 Å². The number of hydrogen-bond donors (Lipinski definition) is 0. The van der Waals surface area contributed by atoms with Crippen LogP contribution in [-0.2, 0) is 0 Å². The van der Waals surface area contributed by atoms with Crippen LogP contribution in [0.4, 0.5) is 0 Å². The Bertz CT molecular complexity index is 3070. The first-order chi connectivity index (χ1) is 25.4. The molecular formula is C46H28O. The van der Waals surface area contributed by atoms with E-state index >= 15 is 0 Å². The third-order valence-corrected chi connectivity index (χ3v) is 9.43. The van der Waals surface area contributed by atoms with Gasteiger partial charge in [-0.05, 0) is 89.3 Å². The molecule has 0 atom stereocenters. The highest BCUT2D eigenvalue weighted by Gasteiger charge is 2.22. The lowest BCUT2D eigenvalue weighted by molar-refractivity contribution is 0.673. The Balaban J connectivity index is 1.39. The van der Waals surface area contributed by atoms with Gasteiger partial charge in [0, 0.05) is 16.2 Å². The van der Waals surface area contributed by atoms with E-state index in [-0.39, 0.29) is 46.6 Å². The van der Waals surface area contributed by atoms with Crippen molar-refractivity contribution in [2.24, 2.45) is 0 Å². The first-order valence-electron chi connectivity index (χ1n) is 18.3. The Morgan fingerprint density at radius 1 is 0.426 bits per heavy atom. The zero-order valence-corrected chi connectivity index (χ0v) is 25.2. The van der Waals surface area contributed by atoms with Crippen LogP contribution in [-0.4, -0.2) is 0 Å². The number of benzene rings is 9. The third kappa shape index (κ3) is 3.90. The first kappa shape index (κ1) is 21.5. The van der Waals surface area contributed by atoms with Crippen molar-refractivity contribution in [3.8, 4) is 33.4 Å². The zero-order chi connectivity index (χ0) is 35.2. The van der Waals surface area contributed by atoms with Crippen LogP contribution in [0.5, 0.6) is 0 Å². The van der Waals surface area contributed by atoms with Gasteiger partial charge in [0.15, 0.2) is 0 Å². The highest BCUT2D eigenvalue weighted by Crippen LogP contribution is 2.48. The normalized spacial score (nSPS) is 13.3. The molecule has 0 N–H and O–H groups in total. The molecule has 0 saturated carbocycles. The molecule has 1 aromatic heterocycles. The van der Waals surface area contributed by atoms with Gasteiger partial charge < -0.3 is 4.42 Å². The van der Waals surface area contributed by atoms with E-state index in [0.717, 1.165) is 49.2 Å². The highest BCUT2D eigenvalue weighted by atomic mass is 16.3. The van der Waals surface area contributed by atoms with Crippen molar-refractivity contribution in [1.82, 2.24) is 0 Å². The molecule has 1 heteroatoms. The molecule has 1 heterocycles. The van der Waals surface area contributed by atoms with Gasteiger partial charge in [-0.2, -0.15) is 0 Å². The Hall–Kier alpha value is -6.18. The smallest absolute Gasteiger partial charge is 0.143 e. The third-order valence-electron chi connectivity index (χ3n) is 9.43. The number of hydrogen-bond acceptors (Lipinski definition) is 1. The maximum atomic E-state index is 9.83. The topological polar surface area (TPSA) is 13.1 Å². The largest absolute Gasteiger partial charge is 0.455 e. The zero-order valence-electron chi connectivity index (χ0n) is 30.2. The quantitative estimate of drug-likeness (QED) is 0.184. The summed E-state index contributed by atoms with van der Waals surface area (Å²) in [5, 5.41) is 8.51. The molecule has 218 valence electrons. The van der Waals surface area contributed by atoms with E-state index in [1.165, 1.54) is 10.8 Å². The monoisotopic (exact) mass is 601 g/mol. The summed E-state index contributed by atoms with van der Waals surface area (Å²) in [5.74, 6) is 0. The van der Waals surface area contributed by atoms with E-state index in [4.69, 9.17) is 9.90 Å². The van der Waals surface area contributed by atoms with Crippen LogP contribution in [0.1, 0.15) is 6.85 Å². The van der Waals surface area contributed by atoms with E-state index in [0.29, 0.717) is 22.1 Å². The average Bonchev–Trinajstić information content (AvgIpc) is 3.59. The lowest BCUT2D eigenvalue weighted by Gasteiger charge is -2.18. The molecule has 9 aromatic carbocycles. The second-order valence-electron chi connectivity index (χ2n) is 12.0. The predicted octanol–water partition coefficient (Wildman–Crippen LogP) is 13.2. The number of fused-ring (bicyclic) bond motifs is 8. The maximum absolute atomic E-state index is 9.83. The Morgan fingerprint density at radius 3 is 1.81 bits per heavy atom. The average molecular weight is 602 g/mol. The van der Waals surface area contributed by atoms with Crippen LogP contribution in [0, 0.1) is 0 Å². The summed E-state index contributed by atoms with van der Waals surface area (Å²) in [6, 6.07) is 46.4. The van der Waals surface area contributed by atoms with E-state index in [2.05, 4.69) is 97.1 Å². The molecule has 47 heavy (non-hydrogen) atoms. The van der Waals surface area contributed by atoms with Gasteiger partial charge in [-0.3, -0.25) is 0 Å². The standard InChI is InChI=1S/C46H28O/c1-2-14-30(15-3-1)40-28-41-45-39(23-12-24-42(45)47-46(41)38-22-11-6-17-33(38)40)44-36-20-9-7-18-34(36)43(35-19-8-10-21-37(35)44)32-26-25-29-13-4-5-16-31(29)27-32/h1-28H/i6D,11D,17D,22D,28D. The lowest BCUT2D eigenvalue weighted by atomic mass is 9.84. The van der Waals surface area contributed by atoms with Gasteiger partial charge in [-0.1, -0.05) is 152 Å². The molecule has 0 bridgehead atoms. The summed E-state index contributed by atoms with van der Waals surface area (Å²) in [6.45, 7) is 0. The van der Waals surface area contributed by atoms with Crippen LogP contribution in [0.3, 0.4) is 0 Å². The van der Waals surface area contributed by atoms with Crippen molar-refractivity contribution in [1.29, 1.82) is 0 Å². The van der Waals surface area contributed by atoms with Crippen LogP contribution in [0.2, 0.25) is 0 Å². The van der Waals surface area contributed by atoms with Gasteiger partial charge in [0.05, 0.1) is 6.85 Å². The van der Waals surface area contributed by atoms with Gasteiger partial charge in [0.1, 0.15) is 11.2 Å². The first-order valence-corrected chi connectivity index (χ1v) is 15.8. The summed E-state index contributed by atoms with van der Waals surface area (Å²) in [4.78, 5) is 0. The maximum Gasteiger partial charge on any atom is 0.143 e. The van der Waals surface area contributed by atoms with Crippen LogP contribution < -0.4 is 0 Å². The minimum atomic E-state index is -0.338.